The van der Waals surface area contributed by atoms with E-state index in [1.54, 1.807) is 0 Å². The molecule has 0 aliphatic carbocycles. The van der Waals surface area contributed by atoms with E-state index in [1.165, 1.54) is 109 Å². The van der Waals surface area contributed by atoms with Gasteiger partial charge in [-0.25, -0.2) is 0 Å². The van der Waals surface area contributed by atoms with E-state index in [0.717, 1.165) is 12.3 Å². The van der Waals surface area contributed by atoms with Crippen molar-refractivity contribution in [1.82, 2.24) is 0 Å². The molecule has 1 unspecified atom stereocenters. The van der Waals surface area contributed by atoms with Crippen LogP contribution in [0.3, 0.4) is 0 Å². The number of hydrogen-bond acceptors (Lipinski definition) is 0. The normalized spacial score (nSPS) is 12.0. The molecule has 0 aliphatic rings. The van der Waals surface area contributed by atoms with Gasteiger partial charge in [0.1, 0.15) is 0 Å². The molecule has 0 aromatic heterocycles. The van der Waals surface area contributed by atoms with Gasteiger partial charge in [-0.15, -0.1) is 11.8 Å². The number of rotatable bonds is 18. The Bertz CT molecular complexity index is 280. The molecule has 0 nitrogen and oxygen atoms in total. The summed E-state index contributed by atoms with van der Waals surface area (Å²) >= 11 is 0. The van der Waals surface area contributed by atoms with Crippen molar-refractivity contribution in [2.45, 2.75) is 136 Å². The van der Waals surface area contributed by atoms with Crippen LogP contribution in [0, 0.1) is 17.8 Å². The maximum atomic E-state index is 3.15. The summed E-state index contributed by atoms with van der Waals surface area (Å²) in [5.41, 5.74) is 0. The molecular weight excluding hydrogens is 288 g/mol. The molecule has 0 radical (unpaired) electrons. The van der Waals surface area contributed by atoms with E-state index in [-0.39, 0.29) is 0 Å². The van der Waals surface area contributed by atoms with Crippen LogP contribution in [0.1, 0.15) is 136 Å². The molecule has 0 rings (SSSR count). The number of hydrogen-bond donors (Lipinski definition) is 0. The highest BCUT2D eigenvalue weighted by atomic mass is 14.1. The average molecular weight is 335 g/mol. The minimum Gasteiger partial charge on any atom is -0.107 e. The lowest BCUT2D eigenvalue weighted by Crippen LogP contribution is -1.94. The van der Waals surface area contributed by atoms with Crippen LogP contribution in [0.15, 0.2) is 0 Å². The van der Waals surface area contributed by atoms with Gasteiger partial charge in [0.25, 0.3) is 0 Å². The lowest BCUT2D eigenvalue weighted by Gasteiger charge is -2.10. The van der Waals surface area contributed by atoms with E-state index in [0.29, 0.717) is 0 Å². The Morgan fingerprint density at radius 3 is 1.46 bits per heavy atom. The zero-order valence-electron chi connectivity index (χ0n) is 17.3. The van der Waals surface area contributed by atoms with Crippen molar-refractivity contribution >= 4 is 0 Å². The molecule has 0 N–H and O–H groups in total. The highest BCUT2D eigenvalue weighted by molar-refractivity contribution is 4.94. The second kappa shape index (κ2) is 20.6. The van der Waals surface area contributed by atoms with Gasteiger partial charge in [-0.05, 0) is 19.3 Å². The van der Waals surface area contributed by atoms with Gasteiger partial charge < -0.3 is 0 Å². The summed E-state index contributed by atoms with van der Waals surface area (Å²) in [6.07, 6.45) is 25.6. The molecule has 1 atom stereocenters. The van der Waals surface area contributed by atoms with Crippen LogP contribution in [0.4, 0.5) is 0 Å². The minimum atomic E-state index is 0.963. The Morgan fingerprint density at radius 2 is 1.00 bits per heavy atom. The van der Waals surface area contributed by atoms with Crippen molar-refractivity contribution in [2.24, 2.45) is 5.92 Å². The Hall–Kier alpha value is -0.440. The van der Waals surface area contributed by atoms with E-state index in [2.05, 4.69) is 25.7 Å². The van der Waals surface area contributed by atoms with Crippen LogP contribution in [-0.4, -0.2) is 0 Å². The molecule has 0 saturated carbocycles. The van der Waals surface area contributed by atoms with Crippen LogP contribution in [0.25, 0.3) is 0 Å². The first-order valence-corrected chi connectivity index (χ1v) is 11.2. The van der Waals surface area contributed by atoms with E-state index < -0.39 is 0 Å². The molecule has 0 bridgehead atoms. The predicted octanol–water partition coefficient (Wildman–Crippen LogP) is 8.69. The molecule has 0 fully saturated rings. The molecule has 24 heavy (non-hydrogen) atoms. The lowest BCUT2D eigenvalue weighted by atomic mass is 9.97. The average Bonchev–Trinajstić information content (AvgIpc) is 2.59. The molecule has 142 valence electrons. The standard InChI is InChI=1S/C24H46/c1-4-6-8-9-10-11-12-13-14-15-16-17-18-19-20-21-23-24(3)22-7-5-2/h24H,5,7-23H2,1-3H3. The van der Waals surface area contributed by atoms with Crippen molar-refractivity contribution in [3.8, 4) is 11.8 Å². The monoisotopic (exact) mass is 334 g/mol. The third-order valence-electron chi connectivity index (χ3n) is 5.23. The van der Waals surface area contributed by atoms with Gasteiger partial charge in [0.15, 0.2) is 0 Å². The quantitative estimate of drug-likeness (QED) is 0.174. The molecule has 0 spiro atoms. The third-order valence-corrected chi connectivity index (χ3v) is 5.23. The van der Waals surface area contributed by atoms with Gasteiger partial charge in [0.05, 0.1) is 0 Å². The Labute approximate surface area is 154 Å². The summed E-state index contributed by atoms with van der Waals surface area (Å²) in [6.45, 7) is 6.68. The number of unbranched alkanes of at least 4 members (excludes halogenated alkanes) is 14. The molecule has 0 aromatic carbocycles. The SMILES string of the molecule is CC#CCCCCCCCCCCCCCCCC(C)CCCC. The molecule has 0 aliphatic heterocycles. The molecular formula is C24H46. The summed E-state index contributed by atoms with van der Waals surface area (Å²) in [7, 11) is 0. The molecule has 0 heteroatoms. The summed E-state index contributed by atoms with van der Waals surface area (Å²) in [5.74, 6) is 7.09. The van der Waals surface area contributed by atoms with Crippen LogP contribution in [0.5, 0.6) is 0 Å². The highest BCUT2D eigenvalue weighted by Gasteiger charge is 2.01. The van der Waals surface area contributed by atoms with Gasteiger partial charge in [0, 0.05) is 6.42 Å². The maximum absolute atomic E-state index is 3.15. The van der Waals surface area contributed by atoms with Crippen LogP contribution < -0.4 is 0 Å². The Balaban J connectivity index is 3.06. The first kappa shape index (κ1) is 23.6. The van der Waals surface area contributed by atoms with Gasteiger partial charge >= 0.3 is 0 Å². The van der Waals surface area contributed by atoms with E-state index >= 15 is 0 Å². The summed E-state index contributed by atoms with van der Waals surface area (Å²) < 4.78 is 0. The van der Waals surface area contributed by atoms with Crippen molar-refractivity contribution in [1.29, 1.82) is 0 Å². The summed E-state index contributed by atoms with van der Waals surface area (Å²) in [6, 6.07) is 0. The largest absolute Gasteiger partial charge is 0.107 e. The zero-order valence-corrected chi connectivity index (χ0v) is 17.3. The van der Waals surface area contributed by atoms with Gasteiger partial charge in [0.2, 0.25) is 0 Å². The van der Waals surface area contributed by atoms with Gasteiger partial charge in [-0.2, -0.15) is 0 Å². The van der Waals surface area contributed by atoms with E-state index in [4.69, 9.17) is 0 Å². The van der Waals surface area contributed by atoms with Crippen molar-refractivity contribution in [2.75, 3.05) is 0 Å². The second-order valence-electron chi connectivity index (χ2n) is 7.81. The van der Waals surface area contributed by atoms with E-state index in [1.807, 2.05) is 6.92 Å². The fourth-order valence-electron chi connectivity index (χ4n) is 3.47. The third kappa shape index (κ3) is 19.6. The van der Waals surface area contributed by atoms with E-state index in [9.17, 15) is 0 Å². The summed E-state index contributed by atoms with van der Waals surface area (Å²) in [4.78, 5) is 0. The Morgan fingerprint density at radius 1 is 0.583 bits per heavy atom. The smallest absolute Gasteiger partial charge is 0.00885 e. The van der Waals surface area contributed by atoms with Gasteiger partial charge in [-0.3, -0.25) is 0 Å². The fourth-order valence-corrected chi connectivity index (χ4v) is 3.47. The van der Waals surface area contributed by atoms with Gasteiger partial charge in [-0.1, -0.05) is 117 Å². The fraction of sp³-hybridized carbons (Fsp3) is 0.917. The second-order valence-corrected chi connectivity index (χ2v) is 7.81. The highest BCUT2D eigenvalue weighted by Crippen LogP contribution is 2.17. The maximum Gasteiger partial charge on any atom is 0.00885 e. The molecule has 0 aromatic rings. The molecule has 0 saturated heterocycles. The molecule has 0 amide bonds. The summed E-state index contributed by atoms with van der Waals surface area (Å²) in [5, 5.41) is 0. The molecule has 0 heterocycles. The van der Waals surface area contributed by atoms with Crippen LogP contribution >= 0.6 is 0 Å². The van der Waals surface area contributed by atoms with Crippen LogP contribution in [-0.2, 0) is 0 Å². The Kier molecular flexibility index (Phi) is 20.2. The predicted molar refractivity (Wildman–Crippen MR) is 111 cm³/mol. The lowest BCUT2D eigenvalue weighted by molar-refractivity contribution is 0.440. The van der Waals surface area contributed by atoms with Crippen molar-refractivity contribution < 1.29 is 0 Å². The first-order valence-electron chi connectivity index (χ1n) is 11.2. The minimum absolute atomic E-state index is 0.963. The van der Waals surface area contributed by atoms with Crippen LogP contribution in [0.2, 0.25) is 0 Å². The van der Waals surface area contributed by atoms with Crippen molar-refractivity contribution in [3.63, 3.8) is 0 Å². The topological polar surface area (TPSA) is 0 Å². The zero-order chi connectivity index (χ0) is 17.7. The van der Waals surface area contributed by atoms with Crippen molar-refractivity contribution in [3.05, 3.63) is 0 Å². The first-order chi connectivity index (χ1) is 11.8.